The maximum atomic E-state index is 13.0. The lowest BCUT2D eigenvalue weighted by molar-refractivity contribution is -0.122. The molecule has 8 rings (SSSR count). The molecule has 12 heteroatoms. The first-order chi connectivity index (χ1) is 21.6. The van der Waals surface area contributed by atoms with Crippen molar-refractivity contribution in [3.05, 3.63) is 59.2 Å². The smallest absolute Gasteiger partial charge is 0.265 e. The Kier molecular flexibility index (Phi) is 7.80. The lowest BCUT2D eigenvalue weighted by atomic mass is 9.49. The second-order valence-corrected chi connectivity index (χ2v) is 15.5. The van der Waals surface area contributed by atoms with Gasteiger partial charge in [-0.05, 0) is 106 Å². The van der Waals surface area contributed by atoms with Crippen LogP contribution in [0.5, 0.6) is 5.75 Å². The van der Waals surface area contributed by atoms with E-state index >= 15 is 0 Å². The Morgan fingerprint density at radius 2 is 1.76 bits per heavy atom. The van der Waals surface area contributed by atoms with E-state index in [1.54, 1.807) is 41.9 Å². The molecule has 4 fully saturated rings. The van der Waals surface area contributed by atoms with E-state index in [2.05, 4.69) is 15.0 Å². The summed E-state index contributed by atoms with van der Waals surface area (Å²) < 4.78 is 34.3. The molecule has 45 heavy (non-hydrogen) atoms. The highest BCUT2D eigenvalue weighted by atomic mass is 35.5. The molecule has 1 unspecified atom stereocenters. The molecular formula is C33H39ClN6O4S. The first-order valence-electron chi connectivity index (χ1n) is 15.9. The Morgan fingerprint density at radius 1 is 1.07 bits per heavy atom. The second-order valence-electron chi connectivity index (χ2n) is 13.3. The van der Waals surface area contributed by atoms with Crippen LogP contribution in [0.4, 0.5) is 11.4 Å². The van der Waals surface area contributed by atoms with E-state index in [0.717, 1.165) is 35.4 Å². The lowest BCUT2D eigenvalue weighted by Crippen LogP contribution is -2.48. The number of ether oxygens (including phenoxy) is 1. The zero-order valence-electron chi connectivity index (χ0n) is 25.6. The molecule has 4 saturated carbocycles. The minimum absolute atomic E-state index is 0.0734. The van der Waals surface area contributed by atoms with Gasteiger partial charge in [0.2, 0.25) is 10.0 Å². The van der Waals surface area contributed by atoms with Crippen LogP contribution in [-0.2, 0) is 20.2 Å². The summed E-state index contributed by atoms with van der Waals surface area (Å²) >= 11 is 6.99. The van der Waals surface area contributed by atoms with E-state index in [9.17, 15) is 13.2 Å². The largest absolute Gasteiger partial charge is 0.481 e. The summed E-state index contributed by atoms with van der Waals surface area (Å²) in [6.07, 6.45) is 8.23. The number of hydrogen-bond donors (Lipinski definition) is 3. The number of halogens is 1. The highest BCUT2D eigenvalue weighted by Crippen LogP contribution is 2.61. The number of anilines is 2. The number of aromatic nitrogens is 4. The minimum Gasteiger partial charge on any atom is -0.481 e. The molecule has 0 spiro atoms. The summed E-state index contributed by atoms with van der Waals surface area (Å²) in [4.78, 5) is 16.4. The van der Waals surface area contributed by atoms with Gasteiger partial charge in [-0.3, -0.25) is 9.52 Å². The van der Waals surface area contributed by atoms with Crippen molar-refractivity contribution in [1.29, 1.82) is 0 Å². The number of unbranched alkanes of at least 4 members (excludes halogenated alkanes) is 1. The molecule has 0 radical (unpaired) electrons. The van der Waals surface area contributed by atoms with Gasteiger partial charge in [-0.25, -0.2) is 8.42 Å². The number of H-pyrrole nitrogens is 1. The van der Waals surface area contributed by atoms with Gasteiger partial charge in [0.25, 0.3) is 5.91 Å². The van der Waals surface area contributed by atoms with Crippen LogP contribution in [0, 0.1) is 17.8 Å². The fourth-order valence-corrected chi connectivity index (χ4v) is 9.71. The third-order valence-electron chi connectivity index (χ3n) is 9.76. The molecule has 4 bridgehead atoms. The maximum Gasteiger partial charge on any atom is 0.265 e. The van der Waals surface area contributed by atoms with Crippen molar-refractivity contribution in [3.8, 4) is 17.1 Å². The van der Waals surface area contributed by atoms with Crippen molar-refractivity contribution in [2.24, 2.45) is 17.8 Å². The predicted molar refractivity (Wildman–Crippen MR) is 175 cm³/mol. The van der Waals surface area contributed by atoms with Crippen LogP contribution in [0.15, 0.2) is 48.5 Å². The van der Waals surface area contributed by atoms with Crippen molar-refractivity contribution in [3.63, 3.8) is 0 Å². The molecule has 0 saturated heterocycles. The molecule has 2 heterocycles. The third-order valence-corrected chi connectivity index (χ3v) is 11.5. The van der Waals surface area contributed by atoms with Crippen LogP contribution in [0.3, 0.4) is 0 Å². The van der Waals surface area contributed by atoms with Gasteiger partial charge in [0.15, 0.2) is 17.6 Å². The molecule has 0 aliphatic heterocycles. The number of aromatic amines is 1. The van der Waals surface area contributed by atoms with Gasteiger partial charge in [-0.15, -0.1) is 9.73 Å². The molecule has 10 nitrogen and oxygen atoms in total. The van der Waals surface area contributed by atoms with Crippen molar-refractivity contribution in [2.75, 3.05) is 15.8 Å². The quantitative estimate of drug-likeness (QED) is 0.164. The molecule has 1 amide bonds. The topological polar surface area (TPSA) is 130 Å². The lowest BCUT2D eigenvalue weighted by Gasteiger charge is -2.56. The number of rotatable bonds is 11. The van der Waals surface area contributed by atoms with Crippen LogP contribution in [0.2, 0.25) is 5.02 Å². The van der Waals surface area contributed by atoms with E-state index in [1.807, 2.05) is 25.1 Å². The first-order valence-corrected chi connectivity index (χ1v) is 18.0. The normalized spacial score (nSPS) is 24.6. The van der Waals surface area contributed by atoms with Crippen LogP contribution >= 0.6 is 11.6 Å². The van der Waals surface area contributed by atoms with Crippen molar-refractivity contribution in [2.45, 2.75) is 76.7 Å². The number of amides is 1. The number of benzene rings is 2. The Morgan fingerprint density at radius 3 is 2.40 bits per heavy atom. The number of carbonyl (C=O) groups excluding carboxylic acids is 1. The average molecular weight is 651 g/mol. The molecule has 238 valence electrons. The highest BCUT2D eigenvalue weighted by molar-refractivity contribution is 7.92. The second kappa shape index (κ2) is 11.7. The van der Waals surface area contributed by atoms with Gasteiger partial charge in [0.05, 0.1) is 11.4 Å². The zero-order valence-corrected chi connectivity index (χ0v) is 27.1. The van der Waals surface area contributed by atoms with Gasteiger partial charge in [0, 0.05) is 22.4 Å². The van der Waals surface area contributed by atoms with Crippen LogP contribution < -0.4 is 14.8 Å². The zero-order chi connectivity index (χ0) is 31.3. The molecule has 4 aliphatic carbocycles. The molecule has 1 atom stereocenters. The van der Waals surface area contributed by atoms with Crippen LogP contribution in [-0.4, -0.2) is 46.0 Å². The Bertz CT molecular complexity index is 1800. The van der Waals surface area contributed by atoms with E-state index in [0.29, 0.717) is 40.0 Å². The first kappa shape index (κ1) is 30.1. The monoisotopic (exact) mass is 650 g/mol. The third kappa shape index (κ3) is 6.04. The fraction of sp³-hybridized carbons (Fsp3) is 0.485. The number of sulfonamides is 1. The standard InChI is InChI=1S/C33H39ClN6O4S/c1-3-4-12-45(42,43)39-25-8-10-27(11-9-25)44-20(2)32(41)35-26-7-5-6-24(16-26)30-36-31-28(34)29(37-40(31)38-30)33-17-21-13-22(18-33)15-23(14-21)19-33/h5-11,16,20-23,39H,3-4,12-15,17-19H2,1-2H3,(H,35,41)(H,36,38). The van der Waals surface area contributed by atoms with Crippen LogP contribution in [0.1, 0.15) is 70.9 Å². The molecule has 2 aromatic heterocycles. The van der Waals surface area contributed by atoms with Gasteiger partial charge in [-0.1, -0.05) is 37.1 Å². The van der Waals surface area contributed by atoms with E-state index in [4.69, 9.17) is 26.5 Å². The highest BCUT2D eigenvalue weighted by Gasteiger charge is 2.53. The summed E-state index contributed by atoms with van der Waals surface area (Å²) in [6, 6.07) is 13.9. The van der Waals surface area contributed by atoms with Gasteiger partial charge in [0.1, 0.15) is 10.8 Å². The molecular weight excluding hydrogens is 612 g/mol. The maximum absolute atomic E-state index is 13.0. The number of carbonyl (C=O) groups is 1. The molecule has 4 aromatic rings. The Balaban J connectivity index is 1.00. The average Bonchev–Trinajstić information content (AvgIpc) is 3.56. The Hall–Kier alpha value is -3.57. The van der Waals surface area contributed by atoms with Gasteiger partial charge < -0.3 is 15.0 Å². The summed E-state index contributed by atoms with van der Waals surface area (Å²) in [5.74, 6) is 3.20. The fourth-order valence-electron chi connectivity index (χ4n) is 8.08. The number of hydrogen-bond acceptors (Lipinski definition) is 6. The van der Waals surface area contributed by atoms with E-state index in [1.165, 1.54) is 38.5 Å². The summed E-state index contributed by atoms with van der Waals surface area (Å²) in [5.41, 5.74) is 3.62. The minimum atomic E-state index is -3.39. The number of nitrogens with zero attached hydrogens (tertiary/aromatic N) is 3. The summed E-state index contributed by atoms with van der Waals surface area (Å²) in [7, 11) is -3.39. The van der Waals surface area contributed by atoms with Gasteiger partial charge >= 0.3 is 0 Å². The van der Waals surface area contributed by atoms with E-state index in [-0.39, 0.29) is 17.1 Å². The SMILES string of the molecule is CCCCS(=O)(=O)Nc1ccc(OC(C)C(=O)Nc2cccc(-c3nn4nc(C56CC7CC(CC(C7)C5)C6)c(Cl)c4[nH]3)c2)cc1. The Labute approximate surface area is 268 Å². The van der Waals surface area contributed by atoms with E-state index < -0.39 is 16.1 Å². The molecule has 2 aromatic carbocycles. The summed E-state index contributed by atoms with van der Waals surface area (Å²) in [5, 5.41) is 13.3. The molecule has 3 N–H and O–H groups in total. The van der Waals surface area contributed by atoms with Crippen LogP contribution in [0.25, 0.3) is 17.0 Å². The predicted octanol–water partition coefficient (Wildman–Crippen LogP) is 6.79. The molecule has 4 aliphatic rings. The number of nitrogens with one attached hydrogen (secondary N) is 3. The van der Waals surface area contributed by atoms with Crippen molar-refractivity contribution < 1.29 is 17.9 Å². The van der Waals surface area contributed by atoms with Gasteiger partial charge in [-0.2, -0.15) is 5.10 Å². The number of fused-ring (bicyclic) bond motifs is 1. The van der Waals surface area contributed by atoms with Crippen molar-refractivity contribution in [1.82, 2.24) is 19.8 Å². The van der Waals surface area contributed by atoms with Crippen molar-refractivity contribution >= 4 is 44.6 Å². The summed E-state index contributed by atoms with van der Waals surface area (Å²) in [6.45, 7) is 3.60.